The smallest absolute Gasteiger partial charge is 0.407 e. The van der Waals surface area contributed by atoms with Gasteiger partial charge in [-0.05, 0) is 56.7 Å². The molecule has 2 aromatic rings. The van der Waals surface area contributed by atoms with Crippen LogP contribution in [0.3, 0.4) is 0 Å². The van der Waals surface area contributed by atoms with E-state index in [-0.39, 0.29) is 12.3 Å². The van der Waals surface area contributed by atoms with Crippen LogP contribution < -0.4 is 15.8 Å². The van der Waals surface area contributed by atoms with Crippen LogP contribution in [0.4, 0.5) is 19.3 Å². The third-order valence-corrected chi connectivity index (χ3v) is 3.06. The predicted molar refractivity (Wildman–Crippen MR) is 90.4 cm³/mol. The van der Waals surface area contributed by atoms with Gasteiger partial charge in [-0.25, -0.2) is 13.6 Å². The Morgan fingerprint density at radius 1 is 1.08 bits per heavy atom. The van der Waals surface area contributed by atoms with Crippen LogP contribution in [-0.2, 0) is 11.3 Å². The van der Waals surface area contributed by atoms with Crippen molar-refractivity contribution in [3.05, 3.63) is 53.6 Å². The molecule has 1 amide bonds. The van der Waals surface area contributed by atoms with Gasteiger partial charge in [-0.1, -0.05) is 0 Å². The molecular formula is C18H20F2N2O3. The van der Waals surface area contributed by atoms with E-state index in [4.69, 9.17) is 15.2 Å². The number of hydrogen-bond donors (Lipinski definition) is 2. The first-order valence-corrected chi connectivity index (χ1v) is 7.62. The second-order valence-electron chi connectivity index (χ2n) is 6.39. The maximum Gasteiger partial charge on any atom is 0.407 e. The van der Waals surface area contributed by atoms with E-state index >= 15 is 0 Å². The Kier molecular flexibility index (Phi) is 5.46. The van der Waals surface area contributed by atoms with Crippen LogP contribution in [0, 0.1) is 11.6 Å². The number of halogens is 2. The summed E-state index contributed by atoms with van der Waals surface area (Å²) >= 11 is 0. The predicted octanol–water partition coefficient (Wildman–Crippen LogP) is 4.36. The summed E-state index contributed by atoms with van der Waals surface area (Å²) < 4.78 is 36.8. The van der Waals surface area contributed by atoms with Crippen molar-refractivity contribution in [1.29, 1.82) is 0 Å². The number of nitrogens with two attached hydrogens (primary N) is 1. The zero-order valence-corrected chi connectivity index (χ0v) is 14.2. The van der Waals surface area contributed by atoms with Crippen molar-refractivity contribution in [3.63, 3.8) is 0 Å². The number of benzene rings is 2. The molecule has 7 heteroatoms. The molecule has 3 N–H and O–H groups in total. The largest absolute Gasteiger partial charge is 0.457 e. The number of alkyl carbamates (subject to hydrolysis) is 1. The third-order valence-electron chi connectivity index (χ3n) is 3.06. The molecule has 2 rings (SSSR count). The van der Waals surface area contributed by atoms with Crippen LogP contribution in [0.2, 0.25) is 0 Å². The molecule has 0 saturated carbocycles. The number of hydrogen-bond acceptors (Lipinski definition) is 4. The van der Waals surface area contributed by atoms with Crippen molar-refractivity contribution in [3.8, 4) is 11.5 Å². The maximum atomic E-state index is 13.2. The van der Waals surface area contributed by atoms with Gasteiger partial charge in [0, 0.05) is 18.3 Å². The first-order valence-electron chi connectivity index (χ1n) is 7.62. The highest BCUT2D eigenvalue weighted by molar-refractivity contribution is 5.68. The van der Waals surface area contributed by atoms with Gasteiger partial charge in [-0.2, -0.15) is 0 Å². The van der Waals surface area contributed by atoms with E-state index in [1.54, 1.807) is 39.0 Å². The Bertz CT molecular complexity index is 773. The van der Waals surface area contributed by atoms with E-state index in [9.17, 15) is 13.6 Å². The number of nitrogen functional groups attached to an aromatic ring is 1. The van der Waals surface area contributed by atoms with Gasteiger partial charge >= 0.3 is 6.09 Å². The highest BCUT2D eigenvalue weighted by atomic mass is 19.2. The summed E-state index contributed by atoms with van der Waals surface area (Å²) in [7, 11) is 0. The SMILES string of the molecule is CC(C)(C)OC(=O)NCc1cc(Oc2ccc(F)c(F)c2)ccc1N. The van der Waals surface area contributed by atoms with E-state index in [1.165, 1.54) is 6.07 Å². The molecule has 0 radical (unpaired) electrons. The summed E-state index contributed by atoms with van der Waals surface area (Å²) in [5, 5.41) is 2.60. The van der Waals surface area contributed by atoms with Crippen LogP contribution in [0.5, 0.6) is 11.5 Å². The van der Waals surface area contributed by atoms with Crippen LogP contribution in [0.1, 0.15) is 26.3 Å². The van der Waals surface area contributed by atoms with Gasteiger partial charge in [-0.3, -0.25) is 0 Å². The summed E-state index contributed by atoms with van der Waals surface area (Å²) in [4.78, 5) is 11.7. The van der Waals surface area contributed by atoms with Crippen molar-refractivity contribution < 1.29 is 23.0 Å². The van der Waals surface area contributed by atoms with E-state index in [2.05, 4.69) is 5.32 Å². The second kappa shape index (κ2) is 7.38. The number of ether oxygens (including phenoxy) is 2. The van der Waals surface area contributed by atoms with Gasteiger partial charge in [0.05, 0.1) is 0 Å². The molecule has 0 aliphatic carbocycles. The van der Waals surface area contributed by atoms with E-state index < -0.39 is 23.3 Å². The third kappa shape index (κ3) is 5.63. The normalized spacial score (nSPS) is 11.1. The first-order chi connectivity index (χ1) is 11.6. The summed E-state index contributed by atoms with van der Waals surface area (Å²) in [6, 6.07) is 8.04. The Balaban J connectivity index is 2.06. The summed E-state index contributed by atoms with van der Waals surface area (Å²) in [6.45, 7) is 5.42. The molecule has 5 nitrogen and oxygen atoms in total. The van der Waals surface area contributed by atoms with Gasteiger partial charge in [0.2, 0.25) is 0 Å². The fourth-order valence-electron chi connectivity index (χ4n) is 1.96. The molecule has 0 saturated heterocycles. The molecule has 0 spiro atoms. The van der Waals surface area contributed by atoms with Crippen LogP contribution in [-0.4, -0.2) is 11.7 Å². The lowest BCUT2D eigenvalue weighted by atomic mass is 10.1. The molecule has 134 valence electrons. The standard InChI is InChI=1S/C18H20F2N2O3/c1-18(2,3)25-17(23)22-10-11-8-12(5-7-16(11)21)24-13-4-6-14(19)15(20)9-13/h4-9H,10,21H2,1-3H3,(H,22,23). The zero-order valence-electron chi connectivity index (χ0n) is 14.2. The Hall–Kier alpha value is -2.83. The van der Waals surface area contributed by atoms with Gasteiger partial charge in [0.25, 0.3) is 0 Å². The van der Waals surface area contributed by atoms with Crippen LogP contribution in [0.15, 0.2) is 36.4 Å². The average molecular weight is 350 g/mol. The minimum Gasteiger partial charge on any atom is -0.457 e. The molecule has 0 aromatic heterocycles. The van der Waals surface area contributed by atoms with Gasteiger partial charge < -0.3 is 20.5 Å². The molecule has 0 heterocycles. The van der Waals surface area contributed by atoms with Crippen LogP contribution in [0.25, 0.3) is 0 Å². The summed E-state index contributed by atoms with van der Waals surface area (Å²) in [6.07, 6.45) is -0.571. The monoisotopic (exact) mass is 350 g/mol. The van der Waals surface area contributed by atoms with Crippen molar-refractivity contribution >= 4 is 11.8 Å². The molecule has 0 aliphatic rings. The number of carbonyl (C=O) groups excluding carboxylic acids is 1. The quantitative estimate of drug-likeness (QED) is 0.804. The fourth-order valence-corrected chi connectivity index (χ4v) is 1.96. The van der Waals surface area contributed by atoms with Crippen molar-refractivity contribution in [2.45, 2.75) is 32.9 Å². The average Bonchev–Trinajstić information content (AvgIpc) is 2.50. The molecule has 0 bridgehead atoms. The first kappa shape index (κ1) is 18.5. The minimum absolute atomic E-state index is 0.135. The second-order valence-corrected chi connectivity index (χ2v) is 6.39. The summed E-state index contributed by atoms with van der Waals surface area (Å²) in [5.41, 5.74) is 6.33. The van der Waals surface area contributed by atoms with Gasteiger partial charge in [-0.15, -0.1) is 0 Å². The maximum absolute atomic E-state index is 13.2. The van der Waals surface area contributed by atoms with Gasteiger partial charge in [0.1, 0.15) is 17.1 Å². The lowest BCUT2D eigenvalue weighted by molar-refractivity contribution is 0.0523. The minimum atomic E-state index is -1.00. The molecule has 0 fully saturated rings. The van der Waals surface area contributed by atoms with Crippen molar-refractivity contribution in [1.82, 2.24) is 5.32 Å². The van der Waals surface area contributed by atoms with E-state index in [0.717, 1.165) is 12.1 Å². The number of carbonyl (C=O) groups is 1. The van der Waals surface area contributed by atoms with E-state index in [1.807, 2.05) is 0 Å². The number of nitrogens with one attached hydrogen (secondary N) is 1. The highest BCUT2D eigenvalue weighted by Crippen LogP contribution is 2.26. The van der Waals surface area contributed by atoms with Crippen LogP contribution >= 0.6 is 0 Å². The number of rotatable bonds is 4. The molecular weight excluding hydrogens is 330 g/mol. The number of amides is 1. The molecule has 0 aliphatic heterocycles. The lowest BCUT2D eigenvalue weighted by Gasteiger charge is -2.20. The Morgan fingerprint density at radius 2 is 1.72 bits per heavy atom. The summed E-state index contributed by atoms with van der Waals surface area (Å²) in [5.74, 6) is -1.43. The fraction of sp³-hybridized carbons (Fsp3) is 0.278. The van der Waals surface area contributed by atoms with Crippen molar-refractivity contribution in [2.75, 3.05) is 5.73 Å². The number of anilines is 1. The zero-order chi connectivity index (χ0) is 18.6. The van der Waals surface area contributed by atoms with Gasteiger partial charge in [0.15, 0.2) is 11.6 Å². The lowest BCUT2D eigenvalue weighted by Crippen LogP contribution is -2.32. The molecule has 2 aromatic carbocycles. The molecule has 25 heavy (non-hydrogen) atoms. The highest BCUT2D eigenvalue weighted by Gasteiger charge is 2.16. The molecule has 0 unspecified atom stereocenters. The topological polar surface area (TPSA) is 73.6 Å². The Morgan fingerprint density at radius 3 is 2.36 bits per heavy atom. The molecule has 0 atom stereocenters. The van der Waals surface area contributed by atoms with Crippen molar-refractivity contribution in [2.24, 2.45) is 0 Å². The van der Waals surface area contributed by atoms with E-state index in [0.29, 0.717) is 17.0 Å². The Labute approximate surface area is 144 Å².